The Bertz CT molecular complexity index is 3290. The van der Waals surface area contributed by atoms with E-state index in [1.165, 1.54) is 21.9 Å². The SMILES string of the molecule is c1ccc(-c2ccc(-c3cc(-c4ccccc4)nc(-c4ccc(-c5ccc(-c6c(-c7ccccc7)n7ncc(-c8ccccc8)c7c7ccccc67)cc5)cc4)n3)cc2)cc1. The van der Waals surface area contributed by atoms with Gasteiger partial charge < -0.3 is 0 Å². The Morgan fingerprint density at radius 2 is 0.705 bits per heavy atom. The monoisotopic (exact) mass is 778 g/mol. The zero-order valence-corrected chi connectivity index (χ0v) is 33.2. The molecule has 11 rings (SSSR count). The third kappa shape index (κ3) is 6.76. The van der Waals surface area contributed by atoms with Gasteiger partial charge in [-0.3, -0.25) is 0 Å². The summed E-state index contributed by atoms with van der Waals surface area (Å²) in [6.07, 6.45) is 2.01. The molecule has 0 bridgehead atoms. The molecular weight excluding hydrogens is 741 g/mol. The van der Waals surface area contributed by atoms with Crippen molar-refractivity contribution < 1.29 is 0 Å². The third-order valence-corrected chi connectivity index (χ3v) is 11.5. The zero-order valence-electron chi connectivity index (χ0n) is 33.2. The van der Waals surface area contributed by atoms with Crippen molar-refractivity contribution in [1.29, 1.82) is 0 Å². The fraction of sp³-hybridized carbons (Fsp3) is 0. The van der Waals surface area contributed by atoms with Crippen LogP contribution in [0, 0.1) is 0 Å². The standard InChI is InChI=1S/C57H38N4/c1-5-15-39(16-6-1)40-25-31-45(32-26-40)53-37-52(44-19-9-3-10-20-44)59-57(60-53)48-35-29-42(30-36-48)41-27-33-46(34-28-41)54-49-23-13-14-24-50(49)56-51(43-17-7-2-8-18-43)38-58-61(56)55(54)47-21-11-4-12-22-47/h1-38H. The van der Waals surface area contributed by atoms with Gasteiger partial charge in [0.15, 0.2) is 5.82 Å². The second kappa shape index (κ2) is 15.5. The second-order valence-corrected chi connectivity index (χ2v) is 15.2. The van der Waals surface area contributed by atoms with E-state index in [9.17, 15) is 0 Å². The molecule has 4 nitrogen and oxygen atoms in total. The molecule has 61 heavy (non-hydrogen) atoms. The van der Waals surface area contributed by atoms with E-state index in [1.54, 1.807) is 0 Å². The van der Waals surface area contributed by atoms with Crippen LogP contribution in [0.2, 0.25) is 0 Å². The van der Waals surface area contributed by atoms with Crippen LogP contribution in [0.25, 0.3) is 106 Å². The summed E-state index contributed by atoms with van der Waals surface area (Å²) in [5.74, 6) is 0.690. The lowest BCUT2D eigenvalue weighted by atomic mass is 9.91. The molecule has 0 radical (unpaired) electrons. The molecule has 0 saturated heterocycles. The number of fused-ring (bicyclic) bond motifs is 3. The minimum absolute atomic E-state index is 0.690. The minimum Gasteiger partial charge on any atom is -0.231 e. The smallest absolute Gasteiger partial charge is 0.160 e. The molecule has 0 unspecified atom stereocenters. The minimum atomic E-state index is 0.690. The molecule has 0 atom stereocenters. The van der Waals surface area contributed by atoms with Crippen LogP contribution in [0.5, 0.6) is 0 Å². The van der Waals surface area contributed by atoms with E-state index in [2.05, 4.69) is 205 Å². The summed E-state index contributed by atoms with van der Waals surface area (Å²) < 4.78 is 2.14. The molecule has 4 heteroatoms. The van der Waals surface area contributed by atoms with Gasteiger partial charge >= 0.3 is 0 Å². The highest BCUT2D eigenvalue weighted by Crippen LogP contribution is 2.43. The number of aromatic nitrogens is 4. The lowest BCUT2D eigenvalue weighted by Crippen LogP contribution is -2.00. The molecule has 8 aromatic carbocycles. The number of pyridine rings is 1. The molecule has 0 N–H and O–H groups in total. The molecule has 0 aliphatic heterocycles. The average Bonchev–Trinajstić information content (AvgIpc) is 3.80. The second-order valence-electron chi connectivity index (χ2n) is 15.2. The van der Waals surface area contributed by atoms with Gasteiger partial charge in [-0.1, -0.05) is 218 Å². The average molecular weight is 779 g/mol. The number of hydrogen-bond donors (Lipinski definition) is 0. The Hall–Kier alpha value is -8.21. The van der Waals surface area contributed by atoms with Gasteiger partial charge in [-0.2, -0.15) is 5.10 Å². The van der Waals surface area contributed by atoms with Crippen LogP contribution in [-0.2, 0) is 0 Å². The van der Waals surface area contributed by atoms with Gasteiger partial charge in [0.2, 0.25) is 0 Å². The van der Waals surface area contributed by atoms with E-state index >= 15 is 0 Å². The van der Waals surface area contributed by atoms with E-state index in [-0.39, 0.29) is 0 Å². The van der Waals surface area contributed by atoms with Crippen molar-refractivity contribution in [2.75, 3.05) is 0 Å². The number of nitrogens with zero attached hydrogens (tertiary/aromatic N) is 4. The van der Waals surface area contributed by atoms with E-state index in [0.29, 0.717) is 5.82 Å². The maximum absolute atomic E-state index is 5.13. The summed E-state index contributed by atoms with van der Waals surface area (Å²) in [6.45, 7) is 0. The van der Waals surface area contributed by atoms with Gasteiger partial charge in [0, 0.05) is 38.8 Å². The van der Waals surface area contributed by atoms with Crippen LogP contribution in [0.3, 0.4) is 0 Å². The van der Waals surface area contributed by atoms with Gasteiger partial charge in [-0.25, -0.2) is 14.5 Å². The van der Waals surface area contributed by atoms with Crippen molar-refractivity contribution in [2.24, 2.45) is 0 Å². The molecule has 3 heterocycles. The van der Waals surface area contributed by atoms with Gasteiger partial charge in [0.1, 0.15) is 0 Å². The van der Waals surface area contributed by atoms with Gasteiger partial charge in [-0.05, 0) is 44.8 Å². The van der Waals surface area contributed by atoms with Gasteiger partial charge in [0.25, 0.3) is 0 Å². The van der Waals surface area contributed by atoms with Crippen molar-refractivity contribution in [3.8, 4) is 89.7 Å². The zero-order chi connectivity index (χ0) is 40.5. The molecule has 11 aromatic rings. The van der Waals surface area contributed by atoms with Crippen molar-refractivity contribution in [3.05, 3.63) is 231 Å². The highest BCUT2D eigenvalue weighted by atomic mass is 15.2. The van der Waals surface area contributed by atoms with E-state index in [1.807, 2.05) is 30.5 Å². The van der Waals surface area contributed by atoms with E-state index in [0.717, 1.165) is 78.2 Å². The van der Waals surface area contributed by atoms with E-state index < -0.39 is 0 Å². The molecule has 3 aromatic heterocycles. The topological polar surface area (TPSA) is 43.1 Å². The highest BCUT2D eigenvalue weighted by molar-refractivity contribution is 6.13. The fourth-order valence-corrected chi connectivity index (χ4v) is 8.49. The Labute approximate surface area is 354 Å². The summed E-state index contributed by atoms with van der Waals surface area (Å²) in [4.78, 5) is 10.2. The maximum atomic E-state index is 5.13. The molecule has 0 saturated carbocycles. The normalized spacial score (nSPS) is 11.3. The molecule has 0 aliphatic carbocycles. The summed E-state index contributed by atoms with van der Waals surface area (Å²) in [5, 5.41) is 7.43. The molecule has 0 aliphatic rings. The molecular formula is C57H38N4. The van der Waals surface area contributed by atoms with Gasteiger partial charge in [-0.15, -0.1) is 0 Å². The quantitative estimate of drug-likeness (QED) is 0.154. The first-order valence-electron chi connectivity index (χ1n) is 20.6. The fourth-order valence-electron chi connectivity index (χ4n) is 8.49. The number of rotatable bonds is 8. The summed E-state index contributed by atoms with van der Waals surface area (Å²) in [7, 11) is 0. The number of hydrogen-bond acceptors (Lipinski definition) is 3. The largest absolute Gasteiger partial charge is 0.231 e. The Morgan fingerprint density at radius 3 is 1.26 bits per heavy atom. The Morgan fingerprint density at radius 1 is 0.311 bits per heavy atom. The van der Waals surface area contributed by atoms with Crippen LogP contribution in [0.4, 0.5) is 0 Å². The van der Waals surface area contributed by atoms with Crippen LogP contribution in [-0.4, -0.2) is 19.6 Å². The molecule has 286 valence electrons. The van der Waals surface area contributed by atoms with Crippen LogP contribution in [0.1, 0.15) is 0 Å². The predicted octanol–water partition coefficient (Wildman–Crippen LogP) is 14.6. The van der Waals surface area contributed by atoms with Crippen LogP contribution < -0.4 is 0 Å². The number of benzene rings is 8. The Balaban J connectivity index is 0.965. The van der Waals surface area contributed by atoms with Crippen molar-refractivity contribution in [1.82, 2.24) is 19.6 Å². The van der Waals surface area contributed by atoms with Crippen LogP contribution in [0.15, 0.2) is 231 Å². The van der Waals surface area contributed by atoms with Gasteiger partial charge in [0.05, 0.1) is 28.8 Å². The predicted molar refractivity (Wildman–Crippen MR) is 252 cm³/mol. The lowest BCUT2D eigenvalue weighted by molar-refractivity contribution is 0.976. The summed E-state index contributed by atoms with van der Waals surface area (Å²) >= 11 is 0. The first-order valence-corrected chi connectivity index (χ1v) is 20.6. The maximum Gasteiger partial charge on any atom is 0.160 e. The van der Waals surface area contributed by atoms with Crippen LogP contribution >= 0.6 is 0 Å². The first kappa shape index (κ1) is 35.9. The summed E-state index contributed by atoms with van der Waals surface area (Å²) in [6, 6.07) is 78.9. The molecule has 0 amide bonds. The lowest BCUT2D eigenvalue weighted by Gasteiger charge is -2.18. The van der Waals surface area contributed by atoms with Crippen molar-refractivity contribution >= 4 is 16.3 Å². The Kier molecular flexibility index (Phi) is 9.14. The van der Waals surface area contributed by atoms with E-state index in [4.69, 9.17) is 15.1 Å². The molecule has 0 spiro atoms. The third-order valence-electron chi connectivity index (χ3n) is 11.5. The molecule has 0 fully saturated rings. The van der Waals surface area contributed by atoms with Crippen molar-refractivity contribution in [2.45, 2.75) is 0 Å². The van der Waals surface area contributed by atoms with Crippen molar-refractivity contribution in [3.63, 3.8) is 0 Å². The first-order chi connectivity index (χ1) is 30.2. The highest BCUT2D eigenvalue weighted by Gasteiger charge is 2.21. The summed E-state index contributed by atoms with van der Waals surface area (Å²) in [5.41, 5.74) is 17.3.